The third-order valence-electron chi connectivity index (χ3n) is 1.87. The average Bonchev–Trinajstić information content (AvgIpc) is 2.30. The molecular weight excluding hydrogens is 208 g/mol. The SMILES string of the molecule is CCOc1cccc(OCCC(N)=NO)c1. The maximum absolute atomic E-state index is 8.33. The molecule has 5 heteroatoms. The van der Waals surface area contributed by atoms with Gasteiger partial charge in [0, 0.05) is 12.5 Å². The summed E-state index contributed by atoms with van der Waals surface area (Å²) in [5, 5.41) is 11.2. The molecule has 0 radical (unpaired) electrons. The van der Waals surface area contributed by atoms with Crippen LogP contribution in [0.5, 0.6) is 11.5 Å². The minimum atomic E-state index is 0.154. The quantitative estimate of drug-likeness (QED) is 0.333. The van der Waals surface area contributed by atoms with Gasteiger partial charge in [0.1, 0.15) is 17.3 Å². The number of oxime groups is 1. The predicted molar refractivity (Wildman–Crippen MR) is 61.1 cm³/mol. The summed E-state index contributed by atoms with van der Waals surface area (Å²) in [6, 6.07) is 7.34. The monoisotopic (exact) mass is 224 g/mol. The molecule has 0 amide bonds. The number of nitrogens with zero attached hydrogens (tertiary/aromatic N) is 1. The minimum absolute atomic E-state index is 0.154. The summed E-state index contributed by atoms with van der Waals surface area (Å²) < 4.78 is 10.7. The number of nitrogens with two attached hydrogens (primary N) is 1. The van der Waals surface area contributed by atoms with Gasteiger partial charge in [-0.25, -0.2) is 0 Å². The molecule has 0 heterocycles. The third-order valence-corrected chi connectivity index (χ3v) is 1.87. The lowest BCUT2D eigenvalue weighted by atomic mass is 10.3. The summed E-state index contributed by atoms with van der Waals surface area (Å²) >= 11 is 0. The van der Waals surface area contributed by atoms with Crippen molar-refractivity contribution in [2.24, 2.45) is 10.9 Å². The van der Waals surface area contributed by atoms with Crippen LogP contribution >= 0.6 is 0 Å². The van der Waals surface area contributed by atoms with E-state index in [0.29, 0.717) is 25.4 Å². The van der Waals surface area contributed by atoms with Gasteiger partial charge in [-0.2, -0.15) is 0 Å². The summed E-state index contributed by atoms with van der Waals surface area (Å²) in [7, 11) is 0. The summed E-state index contributed by atoms with van der Waals surface area (Å²) in [5.41, 5.74) is 5.31. The zero-order valence-electron chi connectivity index (χ0n) is 9.22. The van der Waals surface area contributed by atoms with Gasteiger partial charge in [-0.05, 0) is 19.1 Å². The second-order valence-electron chi connectivity index (χ2n) is 3.10. The Morgan fingerprint density at radius 2 is 2.06 bits per heavy atom. The van der Waals surface area contributed by atoms with Crippen molar-refractivity contribution in [3.05, 3.63) is 24.3 Å². The molecule has 0 saturated heterocycles. The van der Waals surface area contributed by atoms with Crippen LogP contribution in [0.25, 0.3) is 0 Å². The average molecular weight is 224 g/mol. The van der Waals surface area contributed by atoms with E-state index in [-0.39, 0.29) is 5.84 Å². The maximum atomic E-state index is 8.33. The normalized spacial score (nSPS) is 11.2. The number of ether oxygens (including phenoxy) is 2. The van der Waals surface area contributed by atoms with Crippen molar-refractivity contribution in [2.75, 3.05) is 13.2 Å². The Balaban J connectivity index is 2.44. The minimum Gasteiger partial charge on any atom is -0.494 e. The molecule has 5 nitrogen and oxygen atoms in total. The van der Waals surface area contributed by atoms with E-state index in [2.05, 4.69) is 5.16 Å². The Kier molecular flexibility index (Phi) is 4.98. The topological polar surface area (TPSA) is 77.1 Å². The zero-order chi connectivity index (χ0) is 11.8. The lowest BCUT2D eigenvalue weighted by Gasteiger charge is -2.07. The lowest BCUT2D eigenvalue weighted by Crippen LogP contribution is -2.15. The highest BCUT2D eigenvalue weighted by molar-refractivity contribution is 5.79. The van der Waals surface area contributed by atoms with Gasteiger partial charge in [0.05, 0.1) is 13.2 Å². The molecule has 0 atom stereocenters. The molecule has 0 unspecified atom stereocenters. The fourth-order valence-electron chi connectivity index (χ4n) is 1.14. The van der Waals surface area contributed by atoms with E-state index in [1.54, 1.807) is 6.07 Å². The number of rotatable bonds is 6. The highest BCUT2D eigenvalue weighted by Crippen LogP contribution is 2.19. The fraction of sp³-hybridized carbons (Fsp3) is 0.364. The molecule has 1 aromatic rings. The van der Waals surface area contributed by atoms with Crippen molar-refractivity contribution < 1.29 is 14.7 Å². The smallest absolute Gasteiger partial charge is 0.142 e. The van der Waals surface area contributed by atoms with E-state index < -0.39 is 0 Å². The van der Waals surface area contributed by atoms with E-state index in [9.17, 15) is 0 Å². The summed E-state index contributed by atoms with van der Waals surface area (Å²) in [5.74, 6) is 1.63. The van der Waals surface area contributed by atoms with Crippen LogP contribution in [0.4, 0.5) is 0 Å². The Morgan fingerprint density at radius 3 is 2.69 bits per heavy atom. The van der Waals surface area contributed by atoms with Crippen LogP contribution in [-0.4, -0.2) is 24.3 Å². The first-order chi connectivity index (χ1) is 7.76. The lowest BCUT2D eigenvalue weighted by molar-refractivity contribution is 0.303. The second kappa shape index (κ2) is 6.55. The maximum Gasteiger partial charge on any atom is 0.142 e. The molecule has 0 bridgehead atoms. The first kappa shape index (κ1) is 12.2. The third kappa shape index (κ3) is 4.08. The summed E-state index contributed by atoms with van der Waals surface area (Å²) in [6.07, 6.45) is 0.384. The predicted octanol–water partition coefficient (Wildman–Crippen LogP) is 1.60. The molecule has 0 aliphatic carbocycles. The van der Waals surface area contributed by atoms with E-state index >= 15 is 0 Å². The van der Waals surface area contributed by atoms with E-state index in [4.69, 9.17) is 20.4 Å². The van der Waals surface area contributed by atoms with Crippen LogP contribution in [-0.2, 0) is 0 Å². The highest BCUT2D eigenvalue weighted by atomic mass is 16.5. The van der Waals surface area contributed by atoms with Crippen molar-refractivity contribution in [1.82, 2.24) is 0 Å². The molecule has 0 aliphatic heterocycles. The van der Waals surface area contributed by atoms with Gasteiger partial charge in [-0.1, -0.05) is 11.2 Å². The molecule has 16 heavy (non-hydrogen) atoms. The fourth-order valence-corrected chi connectivity index (χ4v) is 1.14. The Labute approximate surface area is 94.5 Å². The van der Waals surface area contributed by atoms with Crippen molar-refractivity contribution in [3.63, 3.8) is 0 Å². The van der Waals surface area contributed by atoms with Gasteiger partial charge in [0.25, 0.3) is 0 Å². The molecule has 0 spiro atoms. The van der Waals surface area contributed by atoms with E-state index in [0.717, 1.165) is 5.75 Å². The van der Waals surface area contributed by atoms with Crippen LogP contribution in [0.2, 0.25) is 0 Å². The van der Waals surface area contributed by atoms with Crippen molar-refractivity contribution >= 4 is 5.84 Å². The highest BCUT2D eigenvalue weighted by Gasteiger charge is 1.98. The Hall–Kier alpha value is -1.91. The molecular formula is C11H16N2O3. The van der Waals surface area contributed by atoms with Gasteiger partial charge < -0.3 is 20.4 Å². The summed E-state index contributed by atoms with van der Waals surface area (Å²) in [4.78, 5) is 0. The molecule has 3 N–H and O–H groups in total. The van der Waals surface area contributed by atoms with E-state index in [1.165, 1.54) is 0 Å². The van der Waals surface area contributed by atoms with Gasteiger partial charge in [0.15, 0.2) is 0 Å². The van der Waals surface area contributed by atoms with Crippen LogP contribution in [0.15, 0.2) is 29.4 Å². The second-order valence-corrected chi connectivity index (χ2v) is 3.10. The zero-order valence-corrected chi connectivity index (χ0v) is 9.22. The van der Waals surface area contributed by atoms with Crippen molar-refractivity contribution in [2.45, 2.75) is 13.3 Å². The van der Waals surface area contributed by atoms with Crippen LogP contribution in [0.3, 0.4) is 0 Å². The van der Waals surface area contributed by atoms with Gasteiger partial charge >= 0.3 is 0 Å². The van der Waals surface area contributed by atoms with Gasteiger partial charge in [0.2, 0.25) is 0 Å². The van der Waals surface area contributed by atoms with Crippen molar-refractivity contribution in [3.8, 4) is 11.5 Å². The van der Waals surface area contributed by atoms with E-state index in [1.807, 2.05) is 25.1 Å². The molecule has 1 aromatic carbocycles. The number of hydrogen-bond donors (Lipinski definition) is 2. The molecule has 0 aromatic heterocycles. The molecule has 1 rings (SSSR count). The molecule has 0 aliphatic rings. The van der Waals surface area contributed by atoms with Gasteiger partial charge in [-0.15, -0.1) is 0 Å². The van der Waals surface area contributed by atoms with Crippen LogP contribution < -0.4 is 15.2 Å². The van der Waals surface area contributed by atoms with Crippen LogP contribution in [0.1, 0.15) is 13.3 Å². The first-order valence-electron chi connectivity index (χ1n) is 5.08. The first-order valence-corrected chi connectivity index (χ1v) is 5.08. The standard InChI is InChI=1S/C11H16N2O3/c1-2-15-9-4-3-5-10(8-9)16-7-6-11(12)13-14/h3-5,8,14H,2,6-7H2,1H3,(H2,12,13). The van der Waals surface area contributed by atoms with Crippen molar-refractivity contribution in [1.29, 1.82) is 0 Å². The molecule has 0 saturated carbocycles. The Bertz CT molecular complexity index is 353. The number of benzene rings is 1. The number of hydrogen-bond acceptors (Lipinski definition) is 4. The summed E-state index contributed by atoms with van der Waals surface area (Å²) in [6.45, 7) is 2.91. The van der Waals surface area contributed by atoms with Gasteiger partial charge in [-0.3, -0.25) is 0 Å². The molecule has 88 valence electrons. The molecule has 0 fully saturated rings. The Morgan fingerprint density at radius 1 is 1.38 bits per heavy atom. The largest absolute Gasteiger partial charge is 0.494 e. The number of amidine groups is 1. The van der Waals surface area contributed by atoms with Crippen LogP contribution in [0, 0.1) is 0 Å².